The minimum Gasteiger partial charge on any atom is -0.472 e. The summed E-state index contributed by atoms with van der Waals surface area (Å²) in [5.41, 5.74) is 1.92. The van der Waals surface area contributed by atoms with Crippen LogP contribution in [0.2, 0.25) is 0 Å². The molecule has 3 aromatic heterocycles. The van der Waals surface area contributed by atoms with Crippen molar-refractivity contribution in [1.82, 2.24) is 24.6 Å². The highest BCUT2D eigenvalue weighted by Gasteiger charge is 2.57. The molecule has 33 heavy (non-hydrogen) atoms. The van der Waals surface area contributed by atoms with Crippen LogP contribution in [0.5, 0.6) is 0 Å². The Balaban J connectivity index is 1.52. The summed E-state index contributed by atoms with van der Waals surface area (Å²) in [4.78, 5) is 35.2. The van der Waals surface area contributed by atoms with Crippen molar-refractivity contribution in [3.63, 3.8) is 0 Å². The van der Waals surface area contributed by atoms with Crippen molar-refractivity contribution in [3.8, 4) is 0 Å². The summed E-state index contributed by atoms with van der Waals surface area (Å²) in [6, 6.07) is 7.75. The van der Waals surface area contributed by atoms with E-state index >= 15 is 0 Å². The second-order valence-corrected chi connectivity index (χ2v) is 9.39. The van der Waals surface area contributed by atoms with Gasteiger partial charge >= 0.3 is 0 Å². The van der Waals surface area contributed by atoms with Crippen molar-refractivity contribution in [2.45, 2.75) is 45.2 Å². The van der Waals surface area contributed by atoms with Crippen molar-refractivity contribution in [2.24, 2.45) is 5.41 Å². The normalized spacial score (nSPS) is 23.1. The third kappa shape index (κ3) is 3.73. The molecule has 2 saturated heterocycles. The first-order valence-electron chi connectivity index (χ1n) is 11.5. The van der Waals surface area contributed by atoms with Crippen LogP contribution >= 0.6 is 0 Å². The van der Waals surface area contributed by atoms with Gasteiger partial charge in [-0.1, -0.05) is 0 Å². The van der Waals surface area contributed by atoms with Crippen molar-refractivity contribution < 1.29 is 14.0 Å². The van der Waals surface area contributed by atoms with E-state index in [-0.39, 0.29) is 23.8 Å². The van der Waals surface area contributed by atoms with Gasteiger partial charge in [0, 0.05) is 62.4 Å². The maximum Gasteiger partial charge on any atom is 0.257 e. The van der Waals surface area contributed by atoms with Crippen LogP contribution in [0.25, 0.3) is 0 Å². The van der Waals surface area contributed by atoms with E-state index in [9.17, 15) is 9.59 Å². The number of hydrogen-bond donors (Lipinski definition) is 0. The number of carbonyl (C=O) groups excluding carboxylic acids is 2. The molecule has 0 unspecified atom stereocenters. The monoisotopic (exact) mass is 447 g/mol. The van der Waals surface area contributed by atoms with Gasteiger partial charge in [-0.15, -0.1) is 0 Å². The zero-order chi connectivity index (χ0) is 23.0. The maximum absolute atomic E-state index is 14.1. The minimum absolute atomic E-state index is 0.0969. The zero-order valence-electron chi connectivity index (χ0n) is 19.1. The summed E-state index contributed by atoms with van der Waals surface area (Å²) in [7, 11) is 0. The second kappa shape index (κ2) is 8.50. The smallest absolute Gasteiger partial charge is 0.257 e. The second-order valence-electron chi connectivity index (χ2n) is 9.39. The Morgan fingerprint density at radius 2 is 2.03 bits per heavy atom. The molecule has 2 fully saturated rings. The van der Waals surface area contributed by atoms with Gasteiger partial charge < -0.3 is 14.2 Å². The fourth-order valence-corrected chi connectivity index (χ4v) is 5.48. The molecule has 0 N–H and O–H groups in total. The predicted octanol–water partition coefficient (Wildman–Crippen LogP) is 3.50. The van der Waals surface area contributed by atoms with Crippen molar-refractivity contribution in [2.75, 3.05) is 19.6 Å². The lowest BCUT2D eigenvalue weighted by atomic mass is 9.70. The molecule has 2 aliphatic heterocycles. The molecule has 8 nitrogen and oxygen atoms in total. The maximum atomic E-state index is 14.1. The third-order valence-corrected chi connectivity index (χ3v) is 7.03. The molecule has 5 heterocycles. The van der Waals surface area contributed by atoms with Crippen molar-refractivity contribution in [1.29, 1.82) is 0 Å². The van der Waals surface area contributed by atoms with Crippen LogP contribution < -0.4 is 0 Å². The lowest BCUT2D eigenvalue weighted by Gasteiger charge is -2.42. The Morgan fingerprint density at radius 1 is 1.21 bits per heavy atom. The van der Waals surface area contributed by atoms with E-state index in [1.54, 1.807) is 24.7 Å². The number of rotatable bonds is 5. The first-order chi connectivity index (χ1) is 16.0. The van der Waals surface area contributed by atoms with Crippen LogP contribution in [0.15, 0.2) is 59.8 Å². The molecule has 5 rings (SSSR count). The van der Waals surface area contributed by atoms with Crippen LogP contribution in [0.1, 0.15) is 60.3 Å². The third-order valence-electron chi connectivity index (χ3n) is 7.03. The Kier molecular flexibility index (Phi) is 5.52. The fourth-order valence-electron chi connectivity index (χ4n) is 5.48. The van der Waals surface area contributed by atoms with E-state index in [1.165, 1.54) is 12.5 Å². The van der Waals surface area contributed by atoms with E-state index in [4.69, 9.17) is 4.42 Å². The summed E-state index contributed by atoms with van der Waals surface area (Å²) in [6.07, 6.45) is 9.94. The average molecular weight is 448 g/mol. The first kappa shape index (κ1) is 21.4. The largest absolute Gasteiger partial charge is 0.472 e. The highest BCUT2D eigenvalue weighted by Crippen LogP contribution is 2.50. The number of furan rings is 1. The number of hydrogen-bond acceptors (Lipinski definition) is 5. The minimum atomic E-state index is -0.669. The van der Waals surface area contributed by atoms with Gasteiger partial charge in [0.25, 0.3) is 5.91 Å². The Hall–Kier alpha value is -3.42. The molecule has 0 aliphatic carbocycles. The topological polar surface area (TPSA) is 84.5 Å². The molecule has 2 amide bonds. The summed E-state index contributed by atoms with van der Waals surface area (Å²) >= 11 is 0. The van der Waals surface area contributed by atoms with Gasteiger partial charge in [0.2, 0.25) is 5.91 Å². The standard InChI is InChI=1S/C25H29N5O3/c1-18(2)30-22(6-11-27-30)21-15-29(23(31)20-7-13-33-16-20)17-25(21)8-3-12-28(24(25)32)14-19-4-9-26-10-5-19/h4-7,9-11,13,16,18,21H,3,8,12,14-15,17H2,1-2H3/t21-,25+/m0/s1. The molecule has 0 aromatic carbocycles. The Labute approximate surface area is 193 Å². The van der Waals surface area contributed by atoms with Crippen LogP contribution in [-0.4, -0.2) is 56.0 Å². The highest BCUT2D eigenvalue weighted by atomic mass is 16.3. The van der Waals surface area contributed by atoms with Gasteiger partial charge in [-0.25, -0.2) is 0 Å². The molecule has 0 bridgehead atoms. The zero-order valence-corrected chi connectivity index (χ0v) is 19.1. The van der Waals surface area contributed by atoms with Gasteiger partial charge in [-0.05, 0) is 56.5 Å². The van der Waals surface area contributed by atoms with Crippen LogP contribution in [0, 0.1) is 5.41 Å². The Bertz CT molecular complexity index is 1120. The summed E-state index contributed by atoms with van der Waals surface area (Å²) < 4.78 is 7.14. The lowest BCUT2D eigenvalue weighted by Crippen LogP contribution is -2.52. The molecule has 172 valence electrons. The fraction of sp³-hybridized carbons (Fsp3) is 0.440. The van der Waals surface area contributed by atoms with Crippen LogP contribution in [0.3, 0.4) is 0 Å². The molecule has 3 aromatic rings. The van der Waals surface area contributed by atoms with E-state index < -0.39 is 5.41 Å². The number of amides is 2. The number of piperidine rings is 1. The molecule has 1 spiro atoms. The number of carbonyl (C=O) groups is 2. The number of pyridine rings is 1. The molecule has 0 saturated carbocycles. The molecule has 2 aliphatic rings. The van der Waals surface area contributed by atoms with Gasteiger partial charge in [-0.2, -0.15) is 5.10 Å². The van der Waals surface area contributed by atoms with Gasteiger partial charge in [0.15, 0.2) is 0 Å². The van der Waals surface area contributed by atoms with E-state index in [1.807, 2.05) is 32.7 Å². The molecule has 0 radical (unpaired) electrons. The number of nitrogens with zero attached hydrogens (tertiary/aromatic N) is 5. The predicted molar refractivity (Wildman–Crippen MR) is 121 cm³/mol. The summed E-state index contributed by atoms with van der Waals surface area (Å²) in [6.45, 7) is 6.33. The van der Waals surface area contributed by atoms with Gasteiger partial charge in [0.1, 0.15) is 6.26 Å². The molecule has 8 heteroatoms. The Morgan fingerprint density at radius 3 is 2.76 bits per heavy atom. The van der Waals surface area contributed by atoms with Crippen LogP contribution in [-0.2, 0) is 11.3 Å². The van der Waals surface area contributed by atoms with Crippen molar-refractivity contribution >= 4 is 11.8 Å². The van der Waals surface area contributed by atoms with E-state index in [2.05, 4.69) is 23.9 Å². The first-order valence-corrected chi connectivity index (χ1v) is 11.5. The van der Waals surface area contributed by atoms with E-state index in [0.29, 0.717) is 25.2 Å². The molecule has 2 atom stereocenters. The quantitative estimate of drug-likeness (QED) is 0.598. The summed E-state index contributed by atoms with van der Waals surface area (Å²) in [5.74, 6) is -0.0964. The average Bonchev–Trinajstić information content (AvgIpc) is 3.57. The van der Waals surface area contributed by atoms with Crippen molar-refractivity contribution in [3.05, 3.63) is 72.2 Å². The van der Waals surface area contributed by atoms with Gasteiger partial charge in [-0.3, -0.25) is 19.3 Å². The molecular formula is C25H29N5O3. The number of aromatic nitrogens is 3. The summed E-state index contributed by atoms with van der Waals surface area (Å²) in [5, 5.41) is 4.54. The van der Waals surface area contributed by atoms with E-state index in [0.717, 1.165) is 30.6 Å². The highest BCUT2D eigenvalue weighted by molar-refractivity contribution is 5.95. The lowest BCUT2D eigenvalue weighted by molar-refractivity contribution is -0.147. The van der Waals surface area contributed by atoms with Crippen LogP contribution in [0.4, 0.5) is 0 Å². The number of likely N-dealkylation sites (tertiary alicyclic amines) is 2. The SMILES string of the molecule is CC(C)n1nccc1[C@@H]1CN(C(=O)c2ccoc2)C[C@]12CCCN(Cc1ccncc1)C2=O. The molecular weight excluding hydrogens is 418 g/mol. The van der Waals surface area contributed by atoms with Gasteiger partial charge in [0.05, 0.1) is 17.2 Å².